The highest BCUT2D eigenvalue weighted by molar-refractivity contribution is 6.09. The molecule has 3 aromatic rings. The summed E-state index contributed by atoms with van der Waals surface area (Å²) in [6.45, 7) is 3.05. The van der Waals surface area contributed by atoms with Gasteiger partial charge in [-0.15, -0.1) is 0 Å². The van der Waals surface area contributed by atoms with Gasteiger partial charge in [-0.1, -0.05) is 18.2 Å². The second-order valence-corrected chi connectivity index (χ2v) is 5.23. The molecule has 0 saturated heterocycles. The average Bonchev–Trinajstić information content (AvgIpc) is 2.91. The number of esters is 2. The van der Waals surface area contributed by atoms with Crippen LogP contribution in [0, 0.1) is 0 Å². The van der Waals surface area contributed by atoms with E-state index in [0.29, 0.717) is 5.69 Å². The molecule has 2 aromatic heterocycles. The summed E-state index contributed by atoms with van der Waals surface area (Å²) in [7, 11) is 1.30. The number of ether oxygens (including phenoxy) is 2. The van der Waals surface area contributed by atoms with E-state index in [4.69, 9.17) is 9.47 Å². The normalized spacial score (nSPS) is 12.3. The number of aromatic amines is 1. The smallest absolute Gasteiger partial charge is 0.356 e. The number of rotatable bonds is 3. The van der Waals surface area contributed by atoms with Crippen LogP contribution in [0.4, 0.5) is 0 Å². The first kappa shape index (κ1) is 15.0. The van der Waals surface area contributed by atoms with Gasteiger partial charge in [-0.25, -0.2) is 9.78 Å². The van der Waals surface area contributed by atoms with E-state index in [1.54, 1.807) is 13.0 Å². The molecule has 0 bridgehead atoms. The molecule has 1 aromatic carbocycles. The molecule has 0 aliphatic carbocycles. The number of fused-ring (bicyclic) bond motifs is 3. The molecule has 6 heteroatoms. The molecule has 3 rings (SSSR count). The Kier molecular flexibility index (Phi) is 3.73. The van der Waals surface area contributed by atoms with Gasteiger partial charge in [0.25, 0.3) is 0 Å². The Bertz CT molecular complexity index is 913. The van der Waals surface area contributed by atoms with Crippen LogP contribution in [0.3, 0.4) is 0 Å². The lowest BCUT2D eigenvalue weighted by Crippen LogP contribution is -2.11. The average molecular weight is 312 g/mol. The number of carbonyl (C=O) groups is 2. The van der Waals surface area contributed by atoms with Crippen LogP contribution in [0.15, 0.2) is 30.3 Å². The second-order valence-electron chi connectivity index (χ2n) is 5.23. The van der Waals surface area contributed by atoms with Crippen molar-refractivity contribution in [2.75, 3.05) is 7.11 Å². The third-order valence-electron chi connectivity index (χ3n) is 3.65. The number of carbonyl (C=O) groups excluding carboxylic acids is 2. The van der Waals surface area contributed by atoms with E-state index in [1.807, 2.05) is 24.3 Å². The molecular weight excluding hydrogens is 296 g/mol. The number of nitrogens with zero attached hydrogens (tertiary/aromatic N) is 1. The maximum absolute atomic E-state index is 11.9. The van der Waals surface area contributed by atoms with Gasteiger partial charge >= 0.3 is 11.9 Å². The van der Waals surface area contributed by atoms with Gasteiger partial charge in [0.05, 0.1) is 12.6 Å². The number of aromatic nitrogens is 2. The summed E-state index contributed by atoms with van der Waals surface area (Å²) >= 11 is 0. The molecular formula is C17H16N2O4. The Balaban J connectivity index is 2.31. The van der Waals surface area contributed by atoms with Gasteiger partial charge in [0.1, 0.15) is 17.5 Å². The quantitative estimate of drug-likeness (QED) is 0.751. The van der Waals surface area contributed by atoms with Gasteiger partial charge in [-0.2, -0.15) is 0 Å². The van der Waals surface area contributed by atoms with Crippen LogP contribution in [-0.4, -0.2) is 29.0 Å². The highest BCUT2D eigenvalue weighted by Crippen LogP contribution is 2.31. The van der Waals surface area contributed by atoms with Crippen molar-refractivity contribution in [1.29, 1.82) is 0 Å². The third kappa shape index (κ3) is 2.63. The van der Waals surface area contributed by atoms with Crippen LogP contribution in [0.25, 0.3) is 21.8 Å². The molecule has 0 spiro atoms. The Labute approximate surface area is 132 Å². The van der Waals surface area contributed by atoms with Crippen LogP contribution in [0.5, 0.6) is 0 Å². The third-order valence-corrected chi connectivity index (χ3v) is 3.65. The SMILES string of the molecule is COC(=O)c1cc2c([nH]c3ccccc32)c(C(C)OC(C)=O)n1. The fourth-order valence-electron chi connectivity index (χ4n) is 2.68. The van der Waals surface area contributed by atoms with Gasteiger partial charge in [0.2, 0.25) is 0 Å². The number of H-pyrrole nitrogens is 1. The first-order valence-electron chi connectivity index (χ1n) is 7.18. The lowest BCUT2D eigenvalue weighted by molar-refractivity contribution is -0.145. The molecule has 0 radical (unpaired) electrons. The van der Waals surface area contributed by atoms with Crippen molar-refractivity contribution in [2.24, 2.45) is 0 Å². The summed E-state index contributed by atoms with van der Waals surface area (Å²) in [5.41, 5.74) is 2.34. The van der Waals surface area contributed by atoms with Gasteiger partial charge in [-0.3, -0.25) is 4.79 Å². The first-order chi connectivity index (χ1) is 11.0. The van der Waals surface area contributed by atoms with E-state index < -0.39 is 18.0 Å². The van der Waals surface area contributed by atoms with Crippen LogP contribution in [-0.2, 0) is 14.3 Å². The van der Waals surface area contributed by atoms with Crippen LogP contribution in [0.1, 0.15) is 36.1 Å². The number of benzene rings is 1. The van der Waals surface area contributed by atoms with E-state index >= 15 is 0 Å². The number of pyridine rings is 1. The van der Waals surface area contributed by atoms with Crippen molar-refractivity contribution >= 4 is 33.7 Å². The van der Waals surface area contributed by atoms with Crippen molar-refractivity contribution in [2.45, 2.75) is 20.0 Å². The fourth-order valence-corrected chi connectivity index (χ4v) is 2.68. The van der Waals surface area contributed by atoms with E-state index in [9.17, 15) is 9.59 Å². The molecule has 23 heavy (non-hydrogen) atoms. The predicted octanol–water partition coefficient (Wildman–Crippen LogP) is 3.13. The summed E-state index contributed by atoms with van der Waals surface area (Å²) in [6.07, 6.45) is -0.590. The molecule has 0 aliphatic heterocycles. The molecule has 1 atom stereocenters. The number of para-hydroxylation sites is 1. The Hall–Kier alpha value is -2.89. The van der Waals surface area contributed by atoms with Crippen molar-refractivity contribution in [3.63, 3.8) is 0 Å². The lowest BCUT2D eigenvalue weighted by Gasteiger charge is -2.13. The van der Waals surface area contributed by atoms with Crippen molar-refractivity contribution < 1.29 is 19.1 Å². The zero-order valence-corrected chi connectivity index (χ0v) is 13.0. The summed E-state index contributed by atoms with van der Waals surface area (Å²) in [5.74, 6) is -0.944. The minimum Gasteiger partial charge on any atom is -0.464 e. The molecule has 0 amide bonds. The summed E-state index contributed by atoms with van der Waals surface area (Å²) in [4.78, 5) is 30.8. The fraction of sp³-hybridized carbons (Fsp3) is 0.235. The van der Waals surface area contributed by atoms with E-state index in [0.717, 1.165) is 21.8 Å². The molecule has 1 unspecified atom stereocenters. The molecule has 1 N–H and O–H groups in total. The number of hydrogen-bond donors (Lipinski definition) is 1. The van der Waals surface area contributed by atoms with E-state index in [2.05, 4.69) is 9.97 Å². The topological polar surface area (TPSA) is 81.3 Å². The van der Waals surface area contributed by atoms with Gasteiger partial charge in [-0.05, 0) is 19.1 Å². The maximum atomic E-state index is 11.9. The van der Waals surface area contributed by atoms with Crippen LogP contribution in [0.2, 0.25) is 0 Å². The molecule has 0 fully saturated rings. The lowest BCUT2D eigenvalue weighted by atomic mass is 10.1. The second kappa shape index (κ2) is 5.72. The molecule has 118 valence electrons. The van der Waals surface area contributed by atoms with Crippen molar-refractivity contribution in [1.82, 2.24) is 9.97 Å². The Morgan fingerprint density at radius 3 is 2.65 bits per heavy atom. The zero-order valence-electron chi connectivity index (χ0n) is 13.0. The predicted molar refractivity (Wildman–Crippen MR) is 85.1 cm³/mol. The highest BCUT2D eigenvalue weighted by Gasteiger charge is 2.21. The highest BCUT2D eigenvalue weighted by atomic mass is 16.5. The van der Waals surface area contributed by atoms with Crippen LogP contribution >= 0.6 is 0 Å². The maximum Gasteiger partial charge on any atom is 0.356 e. The molecule has 0 saturated carbocycles. The Morgan fingerprint density at radius 1 is 1.22 bits per heavy atom. The number of nitrogens with one attached hydrogen (secondary N) is 1. The minimum atomic E-state index is -0.590. The van der Waals surface area contributed by atoms with E-state index in [-0.39, 0.29) is 5.69 Å². The van der Waals surface area contributed by atoms with Crippen LogP contribution < -0.4 is 0 Å². The minimum absolute atomic E-state index is 0.179. The zero-order chi connectivity index (χ0) is 16.6. The monoisotopic (exact) mass is 312 g/mol. The first-order valence-corrected chi connectivity index (χ1v) is 7.18. The Morgan fingerprint density at radius 2 is 1.96 bits per heavy atom. The van der Waals surface area contributed by atoms with Gasteiger partial charge in [0.15, 0.2) is 0 Å². The molecule has 6 nitrogen and oxygen atoms in total. The number of hydrogen-bond acceptors (Lipinski definition) is 5. The largest absolute Gasteiger partial charge is 0.464 e. The number of methoxy groups -OCH3 is 1. The molecule has 2 heterocycles. The summed E-state index contributed by atoms with van der Waals surface area (Å²) < 4.78 is 10.0. The van der Waals surface area contributed by atoms with Crippen molar-refractivity contribution in [3.05, 3.63) is 41.7 Å². The molecule has 0 aliphatic rings. The van der Waals surface area contributed by atoms with E-state index in [1.165, 1.54) is 14.0 Å². The van der Waals surface area contributed by atoms with Crippen molar-refractivity contribution in [3.8, 4) is 0 Å². The van der Waals surface area contributed by atoms with Gasteiger partial charge < -0.3 is 14.5 Å². The standard InChI is InChI=1S/C17H16N2O4/c1-9(23-10(2)20)15-16-12(8-14(19-15)17(21)22-3)11-6-4-5-7-13(11)18-16/h4-9,18H,1-3H3. The summed E-state index contributed by atoms with van der Waals surface area (Å²) in [6, 6.07) is 9.41. The summed E-state index contributed by atoms with van der Waals surface area (Å²) in [5, 5.41) is 1.80. The van der Waals surface area contributed by atoms with Gasteiger partial charge in [0, 0.05) is 23.2 Å².